The third-order valence-corrected chi connectivity index (χ3v) is 7.06. The Morgan fingerprint density at radius 2 is 1.87 bits per heavy atom. The van der Waals surface area contributed by atoms with Crippen LogP contribution in [-0.4, -0.2) is 51.3 Å². The number of amides is 1. The number of nitrogens with one attached hydrogen (secondary N) is 1. The van der Waals surface area contributed by atoms with Gasteiger partial charge in [0.2, 0.25) is 11.0 Å². The molecule has 0 radical (unpaired) electrons. The summed E-state index contributed by atoms with van der Waals surface area (Å²) in [5.74, 6) is 0.849. The van der Waals surface area contributed by atoms with E-state index in [1.165, 1.54) is 35.2 Å². The van der Waals surface area contributed by atoms with Crippen LogP contribution in [0.1, 0.15) is 32.6 Å². The number of benzene rings is 1. The van der Waals surface area contributed by atoms with Crippen molar-refractivity contribution in [2.45, 2.75) is 43.3 Å². The van der Waals surface area contributed by atoms with Crippen LogP contribution in [0.25, 0.3) is 10.6 Å². The number of carbonyl (C=O) groups is 1. The first-order valence-corrected chi connectivity index (χ1v) is 12.9. The molecule has 0 saturated heterocycles. The van der Waals surface area contributed by atoms with Crippen LogP contribution >= 0.6 is 23.1 Å². The van der Waals surface area contributed by atoms with Gasteiger partial charge in [0.1, 0.15) is 10.8 Å². The summed E-state index contributed by atoms with van der Waals surface area (Å²) in [6, 6.07) is 6.60. The Morgan fingerprint density at radius 1 is 1.17 bits per heavy atom. The maximum Gasteiger partial charge on any atom is 0.236 e. The third-order valence-electron chi connectivity index (χ3n) is 4.10. The monoisotopic (exact) mass is 466 g/mol. The zero-order chi connectivity index (χ0) is 21.9. The quantitative estimate of drug-likeness (QED) is 0.503. The number of carbonyl (C=O) groups excluding carboxylic acids is 1. The summed E-state index contributed by atoms with van der Waals surface area (Å²) < 4.78 is 25.2. The van der Waals surface area contributed by atoms with Crippen molar-refractivity contribution in [2.24, 2.45) is 0 Å². The smallest absolute Gasteiger partial charge is 0.236 e. The lowest BCUT2D eigenvalue weighted by Crippen LogP contribution is -2.15. The molecule has 12 heteroatoms. The fourth-order valence-corrected chi connectivity index (χ4v) is 4.97. The van der Waals surface area contributed by atoms with Crippen LogP contribution in [-0.2, 0) is 21.1 Å². The third kappa shape index (κ3) is 5.24. The van der Waals surface area contributed by atoms with E-state index in [1.54, 1.807) is 12.1 Å². The molecule has 3 rings (SSSR count). The van der Waals surface area contributed by atoms with Crippen molar-refractivity contribution in [2.75, 3.05) is 17.3 Å². The van der Waals surface area contributed by atoms with E-state index >= 15 is 0 Å². The zero-order valence-electron chi connectivity index (χ0n) is 17.0. The molecule has 1 amide bonds. The average molecular weight is 467 g/mol. The Labute approximate surface area is 183 Å². The average Bonchev–Trinajstić information content (AvgIpc) is 3.32. The maximum absolute atomic E-state index is 12.3. The number of thioether (sulfide) groups is 1. The van der Waals surface area contributed by atoms with Crippen LogP contribution < -0.4 is 5.32 Å². The SMILES string of the molecule is CCc1nnc(SCC(=O)Nc2nnc(-c3ccc(S(C)(=O)=O)cc3)s2)n1C(C)C. The molecule has 0 saturated carbocycles. The fraction of sp³-hybridized carbons (Fsp3) is 0.389. The Balaban J connectivity index is 1.62. The number of hydrogen-bond donors (Lipinski definition) is 1. The van der Waals surface area contributed by atoms with Crippen LogP contribution in [0.15, 0.2) is 34.3 Å². The molecule has 2 heterocycles. The van der Waals surface area contributed by atoms with Gasteiger partial charge in [-0.3, -0.25) is 10.1 Å². The van der Waals surface area contributed by atoms with E-state index in [1.807, 2.05) is 11.5 Å². The van der Waals surface area contributed by atoms with Crippen molar-refractivity contribution in [1.82, 2.24) is 25.0 Å². The number of rotatable bonds is 8. The normalized spacial score (nSPS) is 11.8. The van der Waals surface area contributed by atoms with Gasteiger partial charge < -0.3 is 4.57 Å². The predicted molar refractivity (Wildman–Crippen MR) is 118 cm³/mol. The van der Waals surface area contributed by atoms with Gasteiger partial charge in [-0.1, -0.05) is 42.2 Å². The number of hydrogen-bond acceptors (Lipinski definition) is 9. The standard InChI is InChI=1S/C18H22N6O3S3/c1-5-14-20-23-18(24(14)11(2)3)28-10-15(25)19-17-22-21-16(29-17)12-6-8-13(9-7-12)30(4,26)27/h6-9,11H,5,10H2,1-4H3,(H,19,22,25). The van der Waals surface area contributed by atoms with Crippen LogP contribution in [0.2, 0.25) is 0 Å². The summed E-state index contributed by atoms with van der Waals surface area (Å²) in [5.41, 5.74) is 0.729. The molecule has 9 nitrogen and oxygen atoms in total. The van der Waals surface area contributed by atoms with E-state index in [0.717, 1.165) is 24.1 Å². The Hall–Kier alpha value is -2.31. The van der Waals surface area contributed by atoms with Crippen molar-refractivity contribution in [3.8, 4) is 10.6 Å². The molecule has 0 aliphatic carbocycles. The van der Waals surface area contributed by atoms with Crippen LogP contribution in [0.5, 0.6) is 0 Å². The summed E-state index contributed by atoms with van der Waals surface area (Å²) >= 11 is 2.54. The molecule has 1 aromatic carbocycles. The number of aryl methyl sites for hydroxylation is 1. The van der Waals surface area contributed by atoms with Crippen molar-refractivity contribution >= 4 is 44.0 Å². The second-order valence-corrected chi connectivity index (χ2v) is 10.7. The summed E-state index contributed by atoms with van der Waals surface area (Å²) in [5, 5.41) is 20.8. The molecule has 3 aromatic rings. The molecule has 0 unspecified atom stereocenters. The Kier molecular flexibility index (Phi) is 6.88. The first-order valence-electron chi connectivity index (χ1n) is 9.19. The summed E-state index contributed by atoms with van der Waals surface area (Å²) in [7, 11) is -3.25. The van der Waals surface area contributed by atoms with E-state index in [-0.39, 0.29) is 22.6 Å². The van der Waals surface area contributed by atoms with Gasteiger partial charge in [0.25, 0.3) is 0 Å². The van der Waals surface area contributed by atoms with Gasteiger partial charge in [0.15, 0.2) is 15.0 Å². The molecular formula is C18H22N6O3S3. The second-order valence-electron chi connectivity index (χ2n) is 6.76. The zero-order valence-corrected chi connectivity index (χ0v) is 19.4. The molecule has 30 heavy (non-hydrogen) atoms. The van der Waals surface area contributed by atoms with Gasteiger partial charge in [-0.05, 0) is 26.0 Å². The largest absolute Gasteiger partial charge is 0.303 e. The van der Waals surface area contributed by atoms with Crippen molar-refractivity contribution in [1.29, 1.82) is 0 Å². The lowest BCUT2D eigenvalue weighted by Gasteiger charge is -2.12. The molecule has 0 bridgehead atoms. The van der Waals surface area contributed by atoms with Gasteiger partial charge in [0, 0.05) is 24.3 Å². The highest BCUT2D eigenvalue weighted by molar-refractivity contribution is 7.99. The van der Waals surface area contributed by atoms with E-state index in [4.69, 9.17) is 0 Å². The molecule has 160 valence electrons. The molecular weight excluding hydrogens is 444 g/mol. The van der Waals surface area contributed by atoms with Crippen LogP contribution in [0.3, 0.4) is 0 Å². The molecule has 0 aliphatic heterocycles. The molecule has 1 N–H and O–H groups in total. The highest BCUT2D eigenvalue weighted by Crippen LogP contribution is 2.28. The van der Waals surface area contributed by atoms with E-state index < -0.39 is 9.84 Å². The van der Waals surface area contributed by atoms with Crippen molar-refractivity contribution < 1.29 is 13.2 Å². The number of sulfone groups is 1. The van der Waals surface area contributed by atoms with Crippen LogP contribution in [0.4, 0.5) is 5.13 Å². The first kappa shape index (κ1) is 22.4. The van der Waals surface area contributed by atoms with Gasteiger partial charge in [0.05, 0.1) is 10.6 Å². The minimum Gasteiger partial charge on any atom is -0.303 e. The van der Waals surface area contributed by atoms with Gasteiger partial charge >= 0.3 is 0 Å². The Morgan fingerprint density at radius 3 is 2.47 bits per heavy atom. The summed E-state index contributed by atoms with van der Waals surface area (Å²) in [6.07, 6.45) is 1.93. The minimum atomic E-state index is -3.25. The molecule has 0 fully saturated rings. The highest BCUT2D eigenvalue weighted by atomic mass is 32.2. The minimum absolute atomic E-state index is 0.173. The molecule has 0 aliphatic rings. The summed E-state index contributed by atoms with van der Waals surface area (Å²) in [6.45, 7) is 6.13. The molecule has 0 atom stereocenters. The lowest BCUT2D eigenvalue weighted by atomic mass is 10.2. The lowest BCUT2D eigenvalue weighted by molar-refractivity contribution is -0.113. The summed E-state index contributed by atoms with van der Waals surface area (Å²) in [4.78, 5) is 12.6. The molecule has 0 spiro atoms. The van der Waals surface area contributed by atoms with E-state index in [2.05, 4.69) is 39.6 Å². The van der Waals surface area contributed by atoms with E-state index in [9.17, 15) is 13.2 Å². The first-order chi connectivity index (χ1) is 14.2. The van der Waals surface area contributed by atoms with Gasteiger partial charge in [-0.15, -0.1) is 20.4 Å². The topological polar surface area (TPSA) is 120 Å². The molecule has 2 aromatic heterocycles. The Bertz CT molecular complexity index is 1140. The van der Waals surface area contributed by atoms with Gasteiger partial charge in [-0.25, -0.2) is 8.42 Å². The maximum atomic E-state index is 12.3. The number of anilines is 1. The number of nitrogens with zero attached hydrogens (tertiary/aromatic N) is 5. The van der Waals surface area contributed by atoms with Crippen molar-refractivity contribution in [3.63, 3.8) is 0 Å². The van der Waals surface area contributed by atoms with Crippen molar-refractivity contribution in [3.05, 3.63) is 30.1 Å². The fourth-order valence-electron chi connectivity index (χ4n) is 2.69. The number of aromatic nitrogens is 5. The predicted octanol–water partition coefficient (Wildman–Crippen LogP) is 3.07. The second kappa shape index (κ2) is 9.23. The highest BCUT2D eigenvalue weighted by Gasteiger charge is 2.16. The van der Waals surface area contributed by atoms with Crippen LogP contribution in [0, 0.1) is 0 Å². The van der Waals surface area contributed by atoms with E-state index in [0.29, 0.717) is 15.3 Å². The van der Waals surface area contributed by atoms with Gasteiger partial charge in [-0.2, -0.15) is 0 Å².